The van der Waals surface area contributed by atoms with Crippen molar-refractivity contribution < 1.29 is 4.79 Å². The van der Waals surface area contributed by atoms with Gasteiger partial charge in [0.2, 0.25) is 5.91 Å². The Kier molecular flexibility index (Phi) is 4.81. The first-order valence-electron chi connectivity index (χ1n) is 7.53. The highest BCUT2D eigenvalue weighted by molar-refractivity contribution is 5.73. The second-order valence-corrected chi connectivity index (χ2v) is 6.05. The maximum atomic E-state index is 11.6. The Hall–Kier alpha value is -1.35. The van der Waals surface area contributed by atoms with E-state index in [1.54, 1.807) is 6.92 Å². The monoisotopic (exact) mass is 274 g/mol. The number of rotatable bonds is 3. The van der Waals surface area contributed by atoms with E-state index < -0.39 is 0 Å². The average Bonchev–Trinajstić information content (AvgIpc) is 2.47. The third-order valence-corrected chi connectivity index (χ3v) is 4.78. The first kappa shape index (κ1) is 15.0. The molecule has 1 amide bonds. The topological polar surface area (TPSA) is 23.6 Å². The molecule has 0 bridgehead atoms. The molecule has 1 fully saturated rings. The molecule has 3 nitrogen and oxygen atoms in total. The van der Waals surface area contributed by atoms with Crippen molar-refractivity contribution in [2.45, 2.75) is 39.3 Å². The third-order valence-electron chi connectivity index (χ3n) is 4.78. The summed E-state index contributed by atoms with van der Waals surface area (Å²) in [4.78, 5) is 16.0. The van der Waals surface area contributed by atoms with Crippen LogP contribution in [0.3, 0.4) is 0 Å². The summed E-state index contributed by atoms with van der Waals surface area (Å²) in [7, 11) is 2.18. The molecule has 20 heavy (non-hydrogen) atoms. The zero-order valence-corrected chi connectivity index (χ0v) is 13.0. The van der Waals surface area contributed by atoms with Crippen LogP contribution in [0.25, 0.3) is 0 Å². The number of hydrogen-bond acceptors (Lipinski definition) is 2. The van der Waals surface area contributed by atoms with Gasteiger partial charge in [0.15, 0.2) is 0 Å². The van der Waals surface area contributed by atoms with E-state index in [0.717, 1.165) is 19.5 Å². The fourth-order valence-electron chi connectivity index (χ4n) is 3.12. The van der Waals surface area contributed by atoms with Gasteiger partial charge >= 0.3 is 0 Å². The molecule has 2 rings (SSSR count). The van der Waals surface area contributed by atoms with Gasteiger partial charge in [-0.25, -0.2) is 0 Å². The molecule has 0 N–H and O–H groups in total. The van der Waals surface area contributed by atoms with Gasteiger partial charge in [-0.2, -0.15) is 0 Å². The van der Waals surface area contributed by atoms with Crippen molar-refractivity contribution in [3.8, 4) is 0 Å². The van der Waals surface area contributed by atoms with Crippen LogP contribution in [0.15, 0.2) is 30.3 Å². The van der Waals surface area contributed by atoms with Crippen molar-refractivity contribution in [3.05, 3.63) is 35.9 Å². The molecule has 3 heteroatoms. The van der Waals surface area contributed by atoms with Crippen LogP contribution in [0.2, 0.25) is 0 Å². The number of carbonyl (C=O) groups excluding carboxylic acids is 1. The Morgan fingerprint density at radius 2 is 2.00 bits per heavy atom. The summed E-state index contributed by atoms with van der Waals surface area (Å²) in [5.41, 5.74) is 1.34. The normalized spacial score (nSPS) is 24.8. The van der Waals surface area contributed by atoms with E-state index in [9.17, 15) is 4.79 Å². The fourth-order valence-corrected chi connectivity index (χ4v) is 3.12. The van der Waals surface area contributed by atoms with Gasteiger partial charge in [-0.3, -0.25) is 9.69 Å². The second kappa shape index (κ2) is 6.40. The summed E-state index contributed by atoms with van der Waals surface area (Å²) in [6, 6.07) is 11.4. The van der Waals surface area contributed by atoms with Gasteiger partial charge in [-0.15, -0.1) is 0 Å². The first-order valence-corrected chi connectivity index (χ1v) is 7.53. The van der Waals surface area contributed by atoms with Crippen LogP contribution < -0.4 is 0 Å². The molecule has 1 aliphatic heterocycles. The highest BCUT2D eigenvalue weighted by atomic mass is 16.2. The van der Waals surface area contributed by atoms with Crippen molar-refractivity contribution >= 4 is 5.91 Å². The molecule has 1 saturated heterocycles. The maximum absolute atomic E-state index is 11.6. The standard InChI is InChI=1S/C17H26N2O/c1-13-10-11-19(15(3)20)12-17(13)18(4)14(2)16-8-6-5-7-9-16/h5-9,13-14,17H,10-12H2,1-4H3/t13-,14+,17-/m1/s1. The Morgan fingerprint density at radius 1 is 1.35 bits per heavy atom. The quantitative estimate of drug-likeness (QED) is 0.846. The number of hydrogen-bond donors (Lipinski definition) is 0. The molecule has 3 atom stereocenters. The smallest absolute Gasteiger partial charge is 0.219 e. The third kappa shape index (κ3) is 3.21. The number of nitrogens with zero attached hydrogens (tertiary/aromatic N) is 2. The SMILES string of the molecule is CC(=O)N1CC[C@@H](C)[C@H](N(C)[C@@H](C)c2ccccc2)C1. The van der Waals surface area contributed by atoms with Gasteiger partial charge in [0.25, 0.3) is 0 Å². The van der Waals surface area contributed by atoms with Crippen LogP contribution in [-0.2, 0) is 4.79 Å². The molecule has 1 heterocycles. The lowest BCUT2D eigenvalue weighted by Gasteiger charge is -2.43. The zero-order valence-electron chi connectivity index (χ0n) is 13.0. The fraction of sp³-hybridized carbons (Fsp3) is 0.588. The van der Waals surface area contributed by atoms with Gasteiger partial charge in [-0.1, -0.05) is 37.3 Å². The number of likely N-dealkylation sites (tertiary alicyclic amines) is 1. The first-order chi connectivity index (χ1) is 9.50. The van der Waals surface area contributed by atoms with E-state index in [4.69, 9.17) is 0 Å². The van der Waals surface area contributed by atoms with E-state index in [1.165, 1.54) is 5.56 Å². The van der Waals surface area contributed by atoms with Crippen LogP contribution in [0, 0.1) is 5.92 Å². The van der Waals surface area contributed by atoms with Crippen molar-refractivity contribution in [3.63, 3.8) is 0 Å². The van der Waals surface area contributed by atoms with Crippen LogP contribution >= 0.6 is 0 Å². The second-order valence-electron chi connectivity index (χ2n) is 6.05. The molecule has 1 aromatic rings. The lowest BCUT2D eigenvalue weighted by Crippen LogP contribution is -2.52. The summed E-state index contributed by atoms with van der Waals surface area (Å²) in [5, 5.41) is 0. The zero-order chi connectivity index (χ0) is 14.7. The highest BCUT2D eigenvalue weighted by Gasteiger charge is 2.32. The van der Waals surface area contributed by atoms with Crippen LogP contribution in [-0.4, -0.2) is 41.9 Å². The largest absolute Gasteiger partial charge is 0.341 e. The van der Waals surface area contributed by atoms with Crippen LogP contribution in [0.4, 0.5) is 0 Å². The Labute approximate surface area is 122 Å². The van der Waals surface area contributed by atoms with Crippen molar-refractivity contribution in [1.82, 2.24) is 9.80 Å². The average molecular weight is 274 g/mol. The molecule has 0 spiro atoms. The van der Waals surface area contributed by atoms with E-state index in [2.05, 4.69) is 56.1 Å². The molecule has 110 valence electrons. The summed E-state index contributed by atoms with van der Waals surface area (Å²) >= 11 is 0. The van der Waals surface area contributed by atoms with Gasteiger partial charge in [0.05, 0.1) is 0 Å². The molecule has 0 unspecified atom stereocenters. The van der Waals surface area contributed by atoms with Gasteiger partial charge in [0, 0.05) is 32.1 Å². The number of piperidine rings is 1. The molecule has 1 aromatic carbocycles. The summed E-state index contributed by atoms with van der Waals surface area (Å²) in [5.74, 6) is 0.824. The van der Waals surface area contributed by atoms with Gasteiger partial charge in [0.1, 0.15) is 0 Å². The van der Waals surface area contributed by atoms with Gasteiger partial charge in [-0.05, 0) is 31.9 Å². The molecule has 0 aliphatic carbocycles. The summed E-state index contributed by atoms with van der Waals surface area (Å²) in [6.45, 7) is 7.98. The van der Waals surface area contributed by atoms with E-state index in [-0.39, 0.29) is 5.91 Å². The molecule has 1 aliphatic rings. The molecule has 0 saturated carbocycles. The molecular formula is C17H26N2O. The minimum atomic E-state index is 0.197. The summed E-state index contributed by atoms with van der Waals surface area (Å²) < 4.78 is 0. The number of benzene rings is 1. The van der Waals surface area contributed by atoms with Crippen LogP contribution in [0.5, 0.6) is 0 Å². The Morgan fingerprint density at radius 3 is 2.60 bits per heavy atom. The minimum Gasteiger partial charge on any atom is -0.341 e. The molecule has 0 aromatic heterocycles. The highest BCUT2D eigenvalue weighted by Crippen LogP contribution is 2.28. The number of amides is 1. The summed E-state index contributed by atoms with van der Waals surface area (Å²) in [6.07, 6.45) is 1.09. The lowest BCUT2D eigenvalue weighted by atomic mass is 9.90. The number of carbonyl (C=O) groups is 1. The predicted octanol–water partition coefficient (Wildman–Crippen LogP) is 2.94. The lowest BCUT2D eigenvalue weighted by molar-refractivity contribution is -0.131. The van der Waals surface area contributed by atoms with E-state index in [0.29, 0.717) is 18.0 Å². The Balaban J connectivity index is 2.10. The molecular weight excluding hydrogens is 248 g/mol. The van der Waals surface area contributed by atoms with Crippen LogP contribution in [0.1, 0.15) is 38.8 Å². The minimum absolute atomic E-state index is 0.197. The van der Waals surface area contributed by atoms with Gasteiger partial charge < -0.3 is 4.90 Å². The maximum Gasteiger partial charge on any atom is 0.219 e. The van der Waals surface area contributed by atoms with Crippen molar-refractivity contribution in [2.75, 3.05) is 20.1 Å². The van der Waals surface area contributed by atoms with Crippen molar-refractivity contribution in [2.24, 2.45) is 5.92 Å². The van der Waals surface area contributed by atoms with E-state index in [1.807, 2.05) is 4.90 Å². The van der Waals surface area contributed by atoms with E-state index >= 15 is 0 Å². The molecule has 0 radical (unpaired) electrons. The number of likely N-dealkylation sites (N-methyl/N-ethyl adjacent to an activating group) is 1. The van der Waals surface area contributed by atoms with Crippen molar-refractivity contribution in [1.29, 1.82) is 0 Å². The predicted molar refractivity (Wildman–Crippen MR) is 82.4 cm³/mol. The Bertz CT molecular complexity index is 446.